The van der Waals surface area contributed by atoms with E-state index in [0.29, 0.717) is 12.1 Å². The van der Waals surface area contributed by atoms with Gasteiger partial charge in [0.15, 0.2) is 0 Å². The minimum Gasteiger partial charge on any atom is -0.355 e. The summed E-state index contributed by atoms with van der Waals surface area (Å²) in [5.41, 5.74) is 10.9. The van der Waals surface area contributed by atoms with Crippen molar-refractivity contribution in [1.82, 2.24) is 14.5 Å². The SMILES string of the molecule is C=C(Nc1cccc(-c2cn(C)c(=O)c(CCC)n2)c1C)c1ccc(C(C)(C)C)c(C)c1.CCCN(CC)Cc1ccc(C)cc1F. The van der Waals surface area contributed by atoms with Crippen molar-refractivity contribution >= 4 is 11.4 Å². The van der Waals surface area contributed by atoms with Gasteiger partial charge in [-0.25, -0.2) is 9.37 Å². The summed E-state index contributed by atoms with van der Waals surface area (Å²) in [5.74, 6) is -0.0791. The molecule has 0 spiro atoms. The first-order valence-electron chi connectivity index (χ1n) is 16.9. The number of hydrogen-bond donors (Lipinski definition) is 1. The van der Waals surface area contributed by atoms with Gasteiger partial charge in [-0.3, -0.25) is 9.69 Å². The molecule has 0 aliphatic heterocycles. The molecule has 0 aliphatic rings. The molecule has 0 radical (unpaired) electrons. The van der Waals surface area contributed by atoms with Crippen LogP contribution in [0.3, 0.4) is 0 Å². The molecule has 0 amide bonds. The van der Waals surface area contributed by atoms with Crippen LogP contribution in [0.5, 0.6) is 0 Å². The molecule has 0 fully saturated rings. The summed E-state index contributed by atoms with van der Waals surface area (Å²) >= 11 is 0. The van der Waals surface area contributed by atoms with Crippen LogP contribution in [0.25, 0.3) is 17.0 Å². The molecule has 0 atom stereocenters. The summed E-state index contributed by atoms with van der Waals surface area (Å²) in [7, 11) is 1.79. The Labute approximate surface area is 282 Å². The second-order valence-electron chi connectivity index (χ2n) is 13.6. The van der Waals surface area contributed by atoms with E-state index in [1.807, 2.05) is 37.4 Å². The molecule has 1 heterocycles. The third-order valence-corrected chi connectivity index (χ3v) is 8.49. The molecule has 252 valence electrons. The number of anilines is 1. The molecule has 0 aliphatic carbocycles. The molecule has 47 heavy (non-hydrogen) atoms. The van der Waals surface area contributed by atoms with Crippen molar-refractivity contribution in [3.63, 3.8) is 0 Å². The van der Waals surface area contributed by atoms with Crippen molar-refractivity contribution in [3.8, 4) is 11.3 Å². The maximum atomic E-state index is 13.6. The zero-order valence-corrected chi connectivity index (χ0v) is 30.4. The van der Waals surface area contributed by atoms with E-state index < -0.39 is 0 Å². The van der Waals surface area contributed by atoms with Crippen LogP contribution in [-0.2, 0) is 25.4 Å². The Balaban J connectivity index is 0.000000335. The Morgan fingerprint density at radius 1 is 1.00 bits per heavy atom. The quantitative estimate of drug-likeness (QED) is 0.178. The third kappa shape index (κ3) is 9.98. The van der Waals surface area contributed by atoms with Gasteiger partial charge in [0.25, 0.3) is 5.56 Å². The summed E-state index contributed by atoms with van der Waals surface area (Å²) in [5, 5.41) is 3.50. The molecule has 6 heteroatoms. The van der Waals surface area contributed by atoms with Crippen molar-refractivity contribution < 1.29 is 4.39 Å². The highest BCUT2D eigenvalue weighted by molar-refractivity contribution is 5.80. The lowest BCUT2D eigenvalue weighted by atomic mass is 9.83. The van der Waals surface area contributed by atoms with Gasteiger partial charge in [0.05, 0.1) is 5.69 Å². The predicted octanol–water partition coefficient (Wildman–Crippen LogP) is 9.76. The maximum Gasteiger partial charge on any atom is 0.272 e. The highest BCUT2D eigenvalue weighted by Gasteiger charge is 2.17. The van der Waals surface area contributed by atoms with Gasteiger partial charge in [0.1, 0.15) is 11.5 Å². The maximum absolute atomic E-state index is 13.6. The van der Waals surface area contributed by atoms with Crippen molar-refractivity contribution in [1.29, 1.82) is 0 Å². The minimum atomic E-state index is -0.0791. The second-order valence-corrected chi connectivity index (χ2v) is 13.6. The second kappa shape index (κ2) is 16.7. The van der Waals surface area contributed by atoms with E-state index in [1.54, 1.807) is 17.7 Å². The molecule has 1 aromatic heterocycles. The zero-order valence-electron chi connectivity index (χ0n) is 30.4. The average molecular weight is 639 g/mol. The zero-order chi connectivity index (χ0) is 34.9. The van der Waals surface area contributed by atoms with Gasteiger partial charge in [-0.2, -0.15) is 0 Å². The lowest BCUT2D eigenvalue weighted by Crippen LogP contribution is -2.24. The third-order valence-electron chi connectivity index (χ3n) is 8.49. The summed E-state index contributed by atoms with van der Waals surface area (Å²) < 4.78 is 15.2. The van der Waals surface area contributed by atoms with E-state index in [1.165, 1.54) is 11.1 Å². The van der Waals surface area contributed by atoms with Crippen LogP contribution in [-0.4, -0.2) is 27.5 Å². The smallest absolute Gasteiger partial charge is 0.272 e. The fourth-order valence-corrected chi connectivity index (χ4v) is 5.86. The number of rotatable bonds is 11. The van der Waals surface area contributed by atoms with Crippen molar-refractivity contribution in [2.75, 3.05) is 18.4 Å². The van der Waals surface area contributed by atoms with Gasteiger partial charge in [0.2, 0.25) is 0 Å². The van der Waals surface area contributed by atoms with Crippen LogP contribution in [0.1, 0.15) is 93.5 Å². The van der Waals surface area contributed by atoms with Gasteiger partial charge >= 0.3 is 0 Å². The summed E-state index contributed by atoms with van der Waals surface area (Å²) in [6.07, 6.45) is 4.50. The molecular weight excluding hydrogens is 583 g/mol. The fourth-order valence-electron chi connectivity index (χ4n) is 5.86. The van der Waals surface area contributed by atoms with Gasteiger partial charge in [-0.1, -0.05) is 90.9 Å². The molecule has 4 aromatic rings. The number of benzene rings is 3. The van der Waals surface area contributed by atoms with Crippen LogP contribution in [0.4, 0.5) is 10.1 Å². The van der Waals surface area contributed by atoms with Crippen LogP contribution in [0.2, 0.25) is 0 Å². The number of nitrogens with one attached hydrogen (secondary N) is 1. The van der Waals surface area contributed by atoms with E-state index >= 15 is 0 Å². The van der Waals surface area contributed by atoms with Crippen LogP contribution < -0.4 is 10.9 Å². The molecular formula is C41H55FN4O. The molecule has 5 nitrogen and oxygen atoms in total. The number of aryl methyl sites for hydroxylation is 4. The highest BCUT2D eigenvalue weighted by atomic mass is 19.1. The molecule has 1 N–H and O–H groups in total. The monoisotopic (exact) mass is 638 g/mol. The van der Waals surface area contributed by atoms with E-state index in [-0.39, 0.29) is 16.8 Å². The predicted molar refractivity (Wildman–Crippen MR) is 199 cm³/mol. The Kier molecular flexibility index (Phi) is 13.3. The van der Waals surface area contributed by atoms with E-state index in [4.69, 9.17) is 4.98 Å². The number of aromatic nitrogens is 2. The first-order valence-corrected chi connectivity index (χ1v) is 16.9. The standard InChI is InChI=1S/C28H35N3O.C13H20FN/c1-9-11-25-27(32)31(8)17-26(30-25)22-12-10-13-24(19(22)3)29-20(4)21-14-15-23(18(2)16-21)28(5,6)7;1-4-8-15(5-2)10-12-7-6-11(3)9-13(12)14/h10,12-17,29H,4,9,11H2,1-3,5-8H3;6-7,9H,4-5,8,10H2,1-3H3. The first-order chi connectivity index (χ1) is 22.2. The normalized spacial score (nSPS) is 11.3. The Morgan fingerprint density at radius 3 is 2.32 bits per heavy atom. The van der Waals surface area contributed by atoms with Crippen LogP contribution in [0, 0.1) is 26.6 Å². The average Bonchev–Trinajstić information content (AvgIpc) is 3.01. The Hall–Kier alpha value is -4.03. The van der Waals surface area contributed by atoms with E-state index in [2.05, 4.69) is 96.5 Å². The lowest BCUT2D eigenvalue weighted by molar-refractivity contribution is 0.276. The number of halogens is 1. The van der Waals surface area contributed by atoms with Gasteiger partial charge < -0.3 is 9.88 Å². The van der Waals surface area contributed by atoms with Crippen LogP contribution in [0.15, 0.2) is 72.2 Å². The van der Waals surface area contributed by atoms with Gasteiger partial charge in [-0.05, 0) is 98.1 Å². The first kappa shape index (κ1) is 37.4. The largest absolute Gasteiger partial charge is 0.355 e. The van der Waals surface area contributed by atoms with Crippen molar-refractivity contribution in [3.05, 3.63) is 123 Å². The molecule has 0 saturated heterocycles. The highest BCUT2D eigenvalue weighted by Crippen LogP contribution is 2.31. The summed E-state index contributed by atoms with van der Waals surface area (Å²) in [6, 6.07) is 18.1. The molecule has 4 rings (SSSR count). The van der Waals surface area contributed by atoms with Gasteiger partial charge in [-0.15, -0.1) is 0 Å². The van der Waals surface area contributed by atoms with E-state index in [9.17, 15) is 9.18 Å². The number of nitrogens with zero attached hydrogens (tertiary/aromatic N) is 3. The molecule has 0 bridgehead atoms. The van der Waals surface area contributed by atoms with Crippen LogP contribution >= 0.6 is 0 Å². The fraction of sp³-hybridized carbons (Fsp3) is 0.415. The minimum absolute atomic E-state index is 0.0232. The van der Waals surface area contributed by atoms with Gasteiger partial charge in [0, 0.05) is 42.3 Å². The summed E-state index contributed by atoms with van der Waals surface area (Å²) in [4.78, 5) is 19.3. The van der Waals surface area contributed by atoms with Crippen molar-refractivity contribution in [2.45, 2.75) is 93.5 Å². The molecule has 0 saturated carbocycles. The Bertz CT molecular complexity index is 1730. The topological polar surface area (TPSA) is 50.2 Å². The lowest BCUT2D eigenvalue weighted by Gasteiger charge is -2.23. The van der Waals surface area contributed by atoms with Crippen molar-refractivity contribution in [2.24, 2.45) is 7.05 Å². The number of hydrogen-bond acceptors (Lipinski definition) is 4. The Morgan fingerprint density at radius 2 is 1.72 bits per heavy atom. The van der Waals surface area contributed by atoms with E-state index in [0.717, 1.165) is 77.4 Å². The summed E-state index contributed by atoms with van der Waals surface area (Å²) in [6.45, 7) is 26.2. The molecule has 0 unspecified atom stereocenters. The molecule has 3 aromatic carbocycles.